The van der Waals surface area contributed by atoms with E-state index in [0.717, 1.165) is 6.42 Å². The lowest BCUT2D eigenvalue weighted by Crippen LogP contribution is -2.18. The zero-order chi connectivity index (χ0) is 13.4. The quantitative estimate of drug-likeness (QED) is 0.762. The highest BCUT2D eigenvalue weighted by Gasteiger charge is 2.07. The zero-order valence-corrected chi connectivity index (χ0v) is 10.7. The molecule has 0 spiro atoms. The van der Waals surface area contributed by atoms with Crippen LogP contribution in [0.2, 0.25) is 0 Å². The molecule has 0 aliphatic rings. The van der Waals surface area contributed by atoms with E-state index < -0.39 is 5.82 Å². The molecule has 0 saturated carbocycles. The molecule has 18 heavy (non-hydrogen) atoms. The molecule has 4 nitrogen and oxygen atoms in total. The third-order valence-electron chi connectivity index (χ3n) is 2.10. The average Bonchev–Trinajstić information content (AvgIpc) is 2.33. The number of halogens is 1. The summed E-state index contributed by atoms with van der Waals surface area (Å²) in [4.78, 5) is 11.4. The Balaban J connectivity index is 2.52. The molecular weight excluding hydrogens is 237 g/mol. The van der Waals surface area contributed by atoms with E-state index >= 15 is 0 Å². The molecule has 1 N–H and O–H groups in total. The third kappa shape index (κ3) is 4.71. The van der Waals surface area contributed by atoms with Gasteiger partial charge in [-0.3, -0.25) is 4.79 Å². The molecule has 0 unspecified atom stereocenters. The van der Waals surface area contributed by atoms with E-state index in [1.165, 1.54) is 12.1 Å². The number of benzene rings is 1. The van der Waals surface area contributed by atoms with Crippen LogP contribution in [0, 0.1) is 5.82 Å². The van der Waals surface area contributed by atoms with Crippen molar-refractivity contribution in [3.05, 3.63) is 24.0 Å². The molecule has 0 aliphatic heterocycles. The van der Waals surface area contributed by atoms with Gasteiger partial charge in [0, 0.05) is 18.4 Å². The predicted octanol–water partition coefficient (Wildman–Crippen LogP) is 2.59. The van der Waals surface area contributed by atoms with E-state index in [1.807, 2.05) is 6.92 Å². The first kappa shape index (κ1) is 14.4. The normalized spacial score (nSPS) is 10.2. The molecule has 1 rings (SSSR count). The Morgan fingerprint density at radius 3 is 2.78 bits per heavy atom. The second kappa shape index (κ2) is 7.66. The summed E-state index contributed by atoms with van der Waals surface area (Å²) in [6, 6.07) is 4.30. The summed E-state index contributed by atoms with van der Waals surface area (Å²) in [5.41, 5.74) is 0.390. The SMILES string of the molecule is CCCOCC(=O)Nc1ccc(OCC)c(F)c1. The summed E-state index contributed by atoms with van der Waals surface area (Å²) in [6.45, 7) is 4.64. The minimum absolute atomic E-state index is 0.0251. The van der Waals surface area contributed by atoms with Crippen molar-refractivity contribution in [2.24, 2.45) is 0 Å². The summed E-state index contributed by atoms with van der Waals surface area (Å²) >= 11 is 0. The highest BCUT2D eigenvalue weighted by Crippen LogP contribution is 2.20. The van der Waals surface area contributed by atoms with Crippen molar-refractivity contribution in [2.45, 2.75) is 20.3 Å². The number of anilines is 1. The maximum absolute atomic E-state index is 13.5. The number of nitrogens with one attached hydrogen (secondary N) is 1. The molecule has 1 aromatic rings. The lowest BCUT2D eigenvalue weighted by Gasteiger charge is -2.08. The Morgan fingerprint density at radius 1 is 1.39 bits per heavy atom. The summed E-state index contributed by atoms with van der Waals surface area (Å²) < 4.78 is 23.6. The molecule has 0 saturated heterocycles. The number of amides is 1. The Bertz CT molecular complexity index is 396. The second-order valence-corrected chi connectivity index (χ2v) is 3.68. The third-order valence-corrected chi connectivity index (χ3v) is 2.10. The second-order valence-electron chi connectivity index (χ2n) is 3.68. The van der Waals surface area contributed by atoms with Gasteiger partial charge in [-0.1, -0.05) is 6.92 Å². The van der Waals surface area contributed by atoms with E-state index in [-0.39, 0.29) is 18.3 Å². The summed E-state index contributed by atoms with van der Waals surface area (Å²) in [5.74, 6) is -0.617. The average molecular weight is 255 g/mol. The first-order chi connectivity index (χ1) is 8.67. The topological polar surface area (TPSA) is 47.6 Å². The van der Waals surface area contributed by atoms with Crippen LogP contribution in [0.4, 0.5) is 10.1 Å². The standard InChI is InChI=1S/C13H18FNO3/c1-3-7-17-9-13(16)15-10-5-6-12(18-4-2)11(14)8-10/h5-6,8H,3-4,7,9H2,1-2H3,(H,15,16). The fourth-order valence-corrected chi connectivity index (χ4v) is 1.36. The van der Waals surface area contributed by atoms with E-state index in [9.17, 15) is 9.18 Å². The fourth-order valence-electron chi connectivity index (χ4n) is 1.36. The van der Waals surface area contributed by atoms with Gasteiger partial charge in [-0.05, 0) is 25.5 Å². The van der Waals surface area contributed by atoms with Gasteiger partial charge in [0.05, 0.1) is 6.61 Å². The van der Waals surface area contributed by atoms with Crippen molar-refractivity contribution in [1.29, 1.82) is 0 Å². The molecule has 0 aromatic heterocycles. The molecule has 0 atom stereocenters. The predicted molar refractivity (Wildman–Crippen MR) is 67.3 cm³/mol. The van der Waals surface area contributed by atoms with Gasteiger partial charge in [-0.2, -0.15) is 0 Å². The highest BCUT2D eigenvalue weighted by molar-refractivity contribution is 5.91. The van der Waals surface area contributed by atoms with Crippen LogP contribution in [0.1, 0.15) is 20.3 Å². The Hall–Kier alpha value is -1.62. The number of carbonyl (C=O) groups excluding carboxylic acids is 1. The molecule has 0 bridgehead atoms. The number of ether oxygens (including phenoxy) is 2. The van der Waals surface area contributed by atoms with Crippen molar-refractivity contribution in [3.63, 3.8) is 0 Å². The van der Waals surface area contributed by atoms with Crippen LogP contribution in [0.15, 0.2) is 18.2 Å². The number of rotatable bonds is 7. The van der Waals surface area contributed by atoms with Crippen LogP contribution in [-0.2, 0) is 9.53 Å². The van der Waals surface area contributed by atoms with E-state index in [4.69, 9.17) is 9.47 Å². The Labute approximate surface area is 106 Å². The first-order valence-electron chi connectivity index (χ1n) is 5.97. The summed E-state index contributed by atoms with van der Waals surface area (Å²) in [6.07, 6.45) is 0.852. The fraction of sp³-hybridized carbons (Fsp3) is 0.462. The van der Waals surface area contributed by atoms with Crippen LogP contribution in [0.25, 0.3) is 0 Å². The molecule has 1 amide bonds. The monoisotopic (exact) mass is 255 g/mol. The minimum atomic E-state index is -0.496. The molecule has 5 heteroatoms. The smallest absolute Gasteiger partial charge is 0.250 e. The Morgan fingerprint density at radius 2 is 2.17 bits per heavy atom. The van der Waals surface area contributed by atoms with Crippen molar-refractivity contribution in [1.82, 2.24) is 0 Å². The maximum atomic E-state index is 13.5. The molecule has 0 fully saturated rings. The van der Waals surface area contributed by atoms with Crippen molar-refractivity contribution < 1.29 is 18.7 Å². The van der Waals surface area contributed by atoms with Gasteiger partial charge in [0.15, 0.2) is 11.6 Å². The molecule has 0 radical (unpaired) electrons. The van der Waals surface area contributed by atoms with Gasteiger partial charge < -0.3 is 14.8 Å². The molecule has 0 aliphatic carbocycles. The zero-order valence-electron chi connectivity index (χ0n) is 10.7. The maximum Gasteiger partial charge on any atom is 0.250 e. The lowest BCUT2D eigenvalue weighted by atomic mass is 10.3. The van der Waals surface area contributed by atoms with Crippen molar-refractivity contribution in [3.8, 4) is 5.75 Å². The minimum Gasteiger partial charge on any atom is -0.491 e. The largest absolute Gasteiger partial charge is 0.491 e. The Kier molecular flexibility index (Phi) is 6.14. The molecular formula is C13H18FNO3. The molecule has 100 valence electrons. The van der Waals surface area contributed by atoms with Crippen LogP contribution >= 0.6 is 0 Å². The van der Waals surface area contributed by atoms with Gasteiger partial charge in [0.1, 0.15) is 6.61 Å². The number of carbonyl (C=O) groups is 1. The van der Waals surface area contributed by atoms with Gasteiger partial charge in [-0.15, -0.1) is 0 Å². The first-order valence-corrected chi connectivity index (χ1v) is 5.97. The summed E-state index contributed by atoms with van der Waals surface area (Å²) in [7, 11) is 0. The highest BCUT2D eigenvalue weighted by atomic mass is 19.1. The van der Waals surface area contributed by atoms with Crippen molar-refractivity contribution >= 4 is 11.6 Å². The van der Waals surface area contributed by atoms with Crippen LogP contribution in [0.5, 0.6) is 5.75 Å². The van der Waals surface area contributed by atoms with Gasteiger partial charge in [-0.25, -0.2) is 4.39 Å². The van der Waals surface area contributed by atoms with Gasteiger partial charge in [0.25, 0.3) is 0 Å². The van der Waals surface area contributed by atoms with Crippen LogP contribution in [-0.4, -0.2) is 25.7 Å². The summed E-state index contributed by atoms with van der Waals surface area (Å²) in [5, 5.41) is 2.55. The lowest BCUT2D eigenvalue weighted by molar-refractivity contribution is -0.120. The van der Waals surface area contributed by atoms with Gasteiger partial charge in [0.2, 0.25) is 5.91 Å². The van der Waals surface area contributed by atoms with E-state index in [2.05, 4.69) is 5.32 Å². The van der Waals surface area contributed by atoms with Crippen LogP contribution < -0.4 is 10.1 Å². The molecule has 0 heterocycles. The van der Waals surface area contributed by atoms with E-state index in [1.54, 1.807) is 13.0 Å². The molecule has 1 aromatic carbocycles. The van der Waals surface area contributed by atoms with Crippen molar-refractivity contribution in [2.75, 3.05) is 25.1 Å². The number of hydrogen-bond acceptors (Lipinski definition) is 3. The van der Waals surface area contributed by atoms with E-state index in [0.29, 0.717) is 18.9 Å². The van der Waals surface area contributed by atoms with Crippen LogP contribution in [0.3, 0.4) is 0 Å². The van der Waals surface area contributed by atoms with Gasteiger partial charge >= 0.3 is 0 Å². The number of hydrogen-bond donors (Lipinski definition) is 1.